The highest BCUT2D eigenvalue weighted by Crippen LogP contribution is 2.20. The minimum atomic E-state index is -1.15. The van der Waals surface area contributed by atoms with E-state index in [4.69, 9.17) is 0 Å². The molecule has 1 saturated heterocycles. The number of benzene rings is 3. The lowest BCUT2D eigenvalue weighted by atomic mass is 10.0. The summed E-state index contributed by atoms with van der Waals surface area (Å²) in [5.41, 5.74) is 2.78. The number of carbonyl (C=O) groups excluding carboxylic acids is 3. The molecule has 3 aromatic carbocycles. The molecule has 1 fully saturated rings. The first-order valence-electron chi connectivity index (χ1n) is 11.5. The number of nitrogens with zero attached hydrogens (tertiary/aromatic N) is 2. The normalized spacial score (nSPS) is 13.4. The zero-order chi connectivity index (χ0) is 24.8. The molecule has 0 aliphatic carbocycles. The molecule has 4 rings (SSSR count). The molecular formula is C28H26N2O5. The van der Waals surface area contributed by atoms with E-state index in [2.05, 4.69) is 0 Å². The third kappa shape index (κ3) is 5.63. The number of Topliss-reactive ketones (excluding diaryl/α,β-unsaturated/α-hetero) is 1. The number of ketones is 1. The van der Waals surface area contributed by atoms with Crippen LogP contribution in [0.4, 0.5) is 0 Å². The molecule has 0 unspecified atom stereocenters. The van der Waals surface area contributed by atoms with Crippen LogP contribution in [0.15, 0.2) is 78.9 Å². The molecule has 2 amide bonds. The SMILES string of the molecule is O=C(CCC(=O)N1CCN(C(=O)c2ccccc2C(=O)O)CC1)c1ccc(-c2ccccc2)cc1. The van der Waals surface area contributed by atoms with Gasteiger partial charge in [0.1, 0.15) is 0 Å². The lowest BCUT2D eigenvalue weighted by molar-refractivity contribution is -0.132. The maximum atomic E-state index is 12.8. The van der Waals surface area contributed by atoms with Crippen LogP contribution in [0.25, 0.3) is 11.1 Å². The van der Waals surface area contributed by atoms with E-state index < -0.39 is 5.97 Å². The predicted molar refractivity (Wildman–Crippen MR) is 131 cm³/mol. The first kappa shape index (κ1) is 23.9. The van der Waals surface area contributed by atoms with Crippen molar-refractivity contribution < 1.29 is 24.3 Å². The number of hydrogen-bond donors (Lipinski definition) is 1. The Balaban J connectivity index is 1.27. The van der Waals surface area contributed by atoms with Gasteiger partial charge in [-0.15, -0.1) is 0 Å². The number of amides is 2. The summed E-state index contributed by atoms with van der Waals surface area (Å²) in [6.07, 6.45) is 0.226. The zero-order valence-corrected chi connectivity index (χ0v) is 19.2. The molecule has 1 aliphatic heterocycles. The average Bonchev–Trinajstić information content (AvgIpc) is 2.91. The smallest absolute Gasteiger partial charge is 0.336 e. The van der Waals surface area contributed by atoms with Crippen molar-refractivity contribution in [3.8, 4) is 11.1 Å². The molecule has 0 atom stereocenters. The maximum Gasteiger partial charge on any atom is 0.336 e. The summed E-state index contributed by atoms with van der Waals surface area (Å²) >= 11 is 0. The third-order valence-corrected chi connectivity index (χ3v) is 6.19. The number of carboxylic acid groups (broad SMARTS) is 1. The molecule has 0 saturated carbocycles. The molecule has 178 valence electrons. The molecule has 1 heterocycles. The van der Waals surface area contributed by atoms with Gasteiger partial charge in [-0.1, -0.05) is 66.7 Å². The second-order valence-corrected chi connectivity index (χ2v) is 8.39. The van der Waals surface area contributed by atoms with E-state index in [9.17, 15) is 24.3 Å². The Kier molecular flexibility index (Phi) is 7.35. The van der Waals surface area contributed by atoms with Gasteiger partial charge in [0.25, 0.3) is 5.91 Å². The monoisotopic (exact) mass is 470 g/mol. The van der Waals surface area contributed by atoms with Crippen molar-refractivity contribution in [3.05, 3.63) is 95.6 Å². The van der Waals surface area contributed by atoms with Crippen LogP contribution in [0.1, 0.15) is 43.9 Å². The molecule has 0 radical (unpaired) electrons. The fourth-order valence-electron chi connectivity index (χ4n) is 4.19. The van der Waals surface area contributed by atoms with Crippen molar-refractivity contribution in [3.63, 3.8) is 0 Å². The fourth-order valence-corrected chi connectivity index (χ4v) is 4.19. The maximum absolute atomic E-state index is 12.8. The standard InChI is InChI=1S/C28H26N2O5/c31-25(22-12-10-21(11-13-22)20-6-2-1-3-7-20)14-15-26(32)29-16-18-30(19-17-29)27(33)23-8-4-5-9-24(23)28(34)35/h1-13H,14-19H2,(H,34,35). The first-order chi connectivity index (χ1) is 16.9. The van der Waals surface area contributed by atoms with Gasteiger partial charge in [-0.3, -0.25) is 14.4 Å². The summed E-state index contributed by atoms with van der Waals surface area (Å²) in [6, 6.07) is 23.4. The molecule has 0 aromatic heterocycles. The number of carbonyl (C=O) groups is 4. The predicted octanol–water partition coefficient (Wildman–Crippen LogP) is 4.00. The molecule has 3 aromatic rings. The number of piperazine rings is 1. The van der Waals surface area contributed by atoms with Gasteiger partial charge in [0.2, 0.25) is 5.91 Å². The van der Waals surface area contributed by atoms with Crippen LogP contribution < -0.4 is 0 Å². The Hall–Kier alpha value is -4.26. The van der Waals surface area contributed by atoms with Crippen molar-refractivity contribution >= 4 is 23.6 Å². The van der Waals surface area contributed by atoms with Gasteiger partial charge in [-0.05, 0) is 23.3 Å². The highest BCUT2D eigenvalue weighted by molar-refractivity contribution is 6.05. The second kappa shape index (κ2) is 10.8. The van der Waals surface area contributed by atoms with E-state index in [1.54, 1.807) is 34.1 Å². The Morgan fingerprint density at radius 2 is 1.17 bits per heavy atom. The molecule has 7 nitrogen and oxygen atoms in total. The highest BCUT2D eigenvalue weighted by atomic mass is 16.4. The Labute approximate surface area is 203 Å². The van der Waals surface area contributed by atoms with Crippen molar-refractivity contribution in [2.75, 3.05) is 26.2 Å². The molecule has 7 heteroatoms. The van der Waals surface area contributed by atoms with Gasteiger partial charge >= 0.3 is 5.97 Å². The average molecular weight is 471 g/mol. The van der Waals surface area contributed by atoms with Gasteiger partial charge < -0.3 is 14.9 Å². The van der Waals surface area contributed by atoms with Crippen molar-refractivity contribution in [2.24, 2.45) is 0 Å². The van der Waals surface area contributed by atoms with Crippen LogP contribution >= 0.6 is 0 Å². The lowest BCUT2D eigenvalue weighted by Crippen LogP contribution is -2.50. The third-order valence-electron chi connectivity index (χ3n) is 6.19. The highest BCUT2D eigenvalue weighted by Gasteiger charge is 2.27. The number of aromatic carboxylic acids is 1. The number of carboxylic acids is 1. The summed E-state index contributed by atoms with van der Waals surface area (Å²) in [5, 5.41) is 9.33. The Morgan fingerprint density at radius 3 is 1.80 bits per heavy atom. The topological polar surface area (TPSA) is 95.0 Å². The van der Waals surface area contributed by atoms with E-state index in [1.807, 2.05) is 42.5 Å². The van der Waals surface area contributed by atoms with Crippen LogP contribution in [0.5, 0.6) is 0 Å². The molecule has 0 bridgehead atoms. The van der Waals surface area contributed by atoms with E-state index in [0.29, 0.717) is 31.7 Å². The quantitative estimate of drug-likeness (QED) is 0.527. The van der Waals surface area contributed by atoms with E-state index >= 15 is 0 Å². The van der Waals surface area contributed by atoms with Gasteiger partial charge in [0, 0.05) is 44.6 Å². The summed E-state index contributed by atoms with van der Waals surface area (Å²) in [5.74, 6) is -1.72. The van der Waals surface area contributed by atoms with E-state index in [0.717, 1.165) is 11.1 Å². The Bertz CT molecular complexity index is 1230. The summed E-state index contributed by atoms with van der Waals surface area (Å²) in [7, 11) is 0. The summed E-state index contributed by atoms with van der Waals surface area (Å²) in [4.78, 5) is 52.7. The van der Waals surface area contributed by atoms with Crippen LogP contribution in [0.2, 0.25) is 0 Å². The Morgan fingerprint density at radius 1 is 0.629 bits per heavy atom. The van der Waals surface area contributed by atoms with Crippen LogP contribution in [0.3, 0.4) is 0 Å². The first-order valence-corrected chi connectivity index (χ1v) is 11.5. The fraction of sp³-hybridized carbons (Fsp3) is 0.214. The molecule has 0 spiro atoms. The molecular weight excluding hydrogens is 444 g/mol. The number of hydrogen-bond acceptors (Lipinski definition) is 4. The summed E-state index contributed by atoms with van der Waals surface area (Å²) < 4.78 is 0. The summed E-state index contributed by atoms with van der Waals surface area (Å²) in [6.45, 7) is 1.32. The van der Waals surface area contributed by atoms with Crippen molar-refractivity contribution in [2.45, 2.75) is 12.8 Å². The molecule has 1 N–H and O–H groups in total. The van der Waals surface area contributed by atoms with Gasteiger partial charge in [-0.25, -0.2) is 4.79 Å². The zero-order valence-electron chi connectivity index (χ0n) is 19.2. The van der Waals surface area contributed by atoms with Crippen LogP contribution in [-0.2, 0) is 4.79 Å². The van der Waals surface area contributed by atoms with Crippen molar-refractivity contribution in [1.29, 1.82) is 0 Å². The minimum absolute atomic E-state index is 0.0358. The second-order valence-electron chi connectivity index (χ2n) is 8.39. The van der Waals surface area contributed by atoms with E-state index in [1.165, 1.54) is 12.1 Å². The molecule has 1 aliphatic rings. The molecule has 35 heavy (non-hydrogen) atoms. The van der Waals surface area contributed by atoms with E-state index in [-0.39, 0.29) is 41.6 Å². The largest absolute Gasteiger partial charge is 0.478 e. The number of rotatable bonds is 7. The van der Waals surface area contributed by atoms with Gasteiger partial charge in [0.05, 0.1) is 11.1 Å². The van der Waals surface area contributed by atoms with Gasteiger partial charge in [0.15, 0.2) is 5.78 Å². The van der Waals surface area contributed by atoms with Gasteiger partial charge in [-0.2, -0.15) is 0 Å². The van der Waals surface area contributed by atoms with Crippen LogP contribution in [0, 0.1) is 0 Å². The van der Waals surface area contributed by atoms with Crippen molar-refractivity contribution in [1.82, 2.24) is 9.80 Å². The van der Waals surface area contributed by atoms with Crippen LogP contribution in [-0.4, -0.2) is 64.7 Å². The minimum Gasteiger partial charge on any atom is -0.478 e. The lowest BCUT2D eigenvalue weighted by Gasteiger charge is -2.35.